The van der Waals surface area contributed by atoms with Gasteiger partial charge in [-0.05, 0) is 55.1 Å². The number of aliphatic hydroxyl groups excluding tert-OH is 1. The number of thioether (sulfide) groups is 1. The topological polar surface area (TPSA) is 63.6 Å². The van der Waals surface area contributed by atoms with E-state index in [-0.39, 0.29) is 40.5 Å². The molecule has 8 atom stereocenters. The monoisotopic (exact) mass is 600 g/mol. The summed E-state index contributed by atoms with van der Waals surface area (Å²) in [6.45, 7) is 10.3. The number of hydrogen-bond acceptors (Lipinski definition) is 5. The van der Waals surface area contributed by atoms with Gasteiger partial charge in [-0.3, -0.25) is 9.59 Å². The van der Waals surface area contributed by atoms with E-state index in [4.69, 9.17) is 4.74 Å². The Kier molecular flexibility index (Phi) is 7.31. The number of carbonyl (C=O) groups excluding carboxylic acids is 2. The van der Waals surface area contributed by atoms with Crippen molar-refractivity contribution in [3.63, 3.8) is 0 Å². The average Bonchev–Trinajstić information content (AvgIpc) is 3.17. The van der Waals surface area contributed by atoms with Crippen molar-refractivity contribution >= 4 is 46.1 Å². The Morgan fingerprint density at radius 1 is 1.35 bits per heavy atom. The number of ether oxygens (including phenoxy) is 1. The molecule has 3 unspecified atom stereocenters. The van der Waals surface area contributed by atoms with Gasteiger partial charge in [0, 0.05) is 22.6 Å². The number of carbonyl (C=O) groups is 2. The lowest BCUT2D eigenvalue weighted by Gasteiger charge is -2.60. The zero-order chi connectivity index (χ0) is 24.9. The molecule has 1 aromatic carbocycles. The van der Waals surface area contributed by atoms with Crippen LogP contribution in [0.15, 0.2) is 41.8 Å². The summed E-state index contributed by atoms with van der Waals surface area (Å²) < 4.78 is 19.7. The molecule has 0 radical (unpaired) electrons. The van der Waals surface area contributed by atoms with Crippen LogP contribution < -0.4 is 0 Å². The summed E-state index contributed by atoms with van der Waals surface area (Å²) in [4.78, 5) is 26.9. The van der Waals surface area contributed by atoms with Gasteiger partial charge in [0.2, 0.25) is 0 Å². The van der Waals surface area contributed by atoms with Gasteiger partial charge in [0.15, 0.2) is 0 Å². The van der Waals surface area contributed by atoms with Crippen LogP contribution in [0.5, 0.6) is 0 Å². The first-order valence-electron chi connectivity index (χ1n) is 12.1. The van der Waals surface area contributed by atoms with Gasteiger partial charge < -0.3 is 9.84 Å². The van der Waals surface area contributed by atoms with E-state index in [1.165, 1.54) is 6.07 Å². The van der Waals surface area contributed by atoms with Crippen molar-refractivity contribution in [1.82, 2.24) is 0 Å². The number of halogens is 2. The molecule has 4 rings (SSSR count). The lowest BCUT2D eigenvalue weighted by atomic mass is 9.49. The van der Waals surface area contributed by atoms with Gasteiger partial charge in [0.25, 0.3) is 0 Å². The molecule has 3 aliphatic rings. The van der Waals surface area contributed by atoms with Crippen molar-refractivity contribution in [2.75, 3.05) is 5.75 Å². The first-order valence-corrected chi connectivity index (χ1v) is 14.2. The summed E-state index contributed by atoms with van der Waals surface area (Å²) in [5, 5.41) is 11.6. The van der Waals surface area contributed by atoms with E-state index in [1.807, 2.05) is 6.92 Å². The maximum Gasteiger partial charge on any atom is 0.316 e. The van der Waals surface area contributed by atoms with Crippen molar-refractivity contribution in [1.29, 1.82) is 0 Å². The van der Waals surface area contributed by atoms with Crippen molar-refractivity contribution in [2.45, 2.75) is 73.4 Å². The first-order chi connectivity index (χ1) is 16.0. The minimum absolute atomic E-state index is 0.0218. The molecule has 186 valence electrons. The van der Waals surface area contributed by atoms with Crippen molar-refractivity contribution in [3.8, 4) is 0 Å². The molecule has 3 saturated carbocycles. The van der Waals surface area contributed by atoms with Gasteiger partial charge in [0.05, 0.1) is 15.3 Å². The number of ketones is 1. The lowest BCUT2D eigenvalue weighted by Crippen LogP contribution is -2.65. The van der Waals surface area contributed by atoms with Crippen LogP contribution in [0.3, 0.4) is 0 Å². The van der Waals surface area contributed by atoms with E-state index in [9.17, 15) is 19.1 Å². The predicted octanol–water partition coefficient (Wildman–Crippen LogP) is 5.99. The fourth-order valence-electron chi connectivity index (χ4n) is 6.92. The Bertz CT molecular complexity index is 987. The normalized spacial score (nSPS) is 41.8. The zero-order valence-electron chi connectivity index (χ0n) is 20.1. The minimum atomic E-state index is -0.693. The van der Waals surface area contributed by atoms with E-state index >= 15 is 0 Å². The smallest absolute Gasteiger partial charge is 0.316 e. The molecule has 0 amide bonds. The quantitative estimate of drug-likeness (QED) is 0.148. The number of Topliss-reactive ketones (excluding diaryl/α,β-unsaturated/α-hetero) is 1. The highest BCUT2D eigenvalue weighted by Gasteiger charge is 2.69. The Balaban J connectivity index is 1.69. The fraction of sp³-hybridized carbons (Fsp3) is 0.630. The first kappa shape index (κ1) is 26.1. The molecule has 0 saturated heterocycles. The predicted molar refractivity (Wildman–Crippen MR) is 140 cm³/mol. The van der Waals surface area contributed by atoms with E-state index in [2.05, 4.69) is 43.0 Å². The van der Waals surface area contributed by atoms with Crippen LogP contribution in [0.25, 0.3) is 0 Å². The number of benzene rings is 1. The number of hydrogen-bond donors (Lipinski definition) is 1. The van der Waals surface area contributed by atoms with Gasteiger partial charge in [-0.15, -0.1) is 18.3 Å². The highest BCUT2D eigenvalue weighted by atomic mass is 127. The van der Waals surface area contributed by atoms with Crippen LogP contribution in [0.4, 0.5) is 4.39 Å². The summed E-state index contributed by atoms with van der Waals surface area (Å²) >= 11 is 3.54. The van der Waals surface area contributed by atoms with Crippen LogP contribution in [0.2, 0.25) is 0 Å². The van der Waals surface area contributed by atoms with Gasteiger partial charge in [0.1, 0.15) is 17.7 Å². The Labute approximate surface area is 219 Å². The van der Waals surface area contributed by atoms with Crippen molar-refractivity contribution in [2.24, 2.45) is 28.6 Å². The standard InChI is InChI=1S/C27H34FIO4S/c1-5-25(4)14-21(33-22(31)15-34-20-9-7-6-8-18(20)28)27(29)16(2)10-12-26(17(3)24(25)32)13-11-19(30)23(26)27/h5-9,16-17,21,23-24,32H,1,10-15H2,2-4H3/t16?,17-,21+,23?,24-,25+,26?,27+/m0/s1. The van der Waals surface area contributed by atoms with E-state index in [0.717, 1.165) is 31.0 Å². The summed E-state index contributed by atoms with van der Waals surface area (Å²) in [6, 6.07) is 6.36. The average molecular weight is 601 g/mol. The summed E-state index contributed by atoms with van der Waals surface area (Å²) in [5.41, 5.74) is -0.971. The fourth-order valence-corrected chi connectivity index (χ4v) is 9.27. The Morgan fingerprint density at radius 2 is 2.06 bits per heavy atom. The number of alkyl halides is 1. The second kappa shape index (κ2) is 9.51. The van der Waals surface area contributed by atoms with Gasteiger partial charge in [-0.25, -0.2) is 4.39 Å². The Morgan fingerprint density at radius 3 is 2.74 bits per heavy atom. The van der Waals surface area contributed by atoms with Crippen LogP contribution in [0, 0.1) is 34.4 Å². The maximum atomic E-state index is 14.0. The molecule has 3 aliphatic carbocycles. The van der Waals surface area contributed by atoms with E-state index < -0.39 is 27.0 Å². The van der Waals surface area contributed by atoms with Gasteiger partial charge in [-0.1, -0.05) is 61.6 Å². The molecule has 0 aliphatic heterocycles. The molecule has 3 fully saturated rings. The summed E-state index contributed by atoms with van der Waals surface area (Å²) in [7, 11) is 0. The van der Waals surface area contributed by atoms with E-state index in [0.29, 0.717) is 17.7 Å². The maximum absolute atomic E-state index is 14.0. The molecule has 0 heterocycles. The Hall–Kier alpha value is -0.930. The van der Waals surface area contributed by atoms with Crippen LogP contribution in [-0.2, 0) is 14.3 Å². The van der Waals surface area contributed by atoms with Crippen LogP contribution in [-0.4, -0.2) is 38.2 Å². The minimum Gasteiger partial charge on any atom is -0.460 e. The second-order valence-electron chi connectivity index (χ2n) is 10.7. The van der Waals surface area contributed by atoms with Crippen LogP contribution >= 0.6 is 34.4 Å². The SMILES string of the molecule is C=C[C@]1(C)C[C@@H](OC(=O)CSc2ccccc2F)[C@]2(I)C(C)CCC3(CCC(=O)C32)[C@@H](C)[C@@H]1O. The molecule has 34 heavy (non-hydrogen) atoms. The highest BCUT2D eigenvalue weighted by Crippen LogP contribution is 2.67. The lowest BCUT2D eigenvalue weighted by molar-refractivity contribution is -0.169. The molecule has 7 heteroatoms. The summed E-state index contributed by atoms with van der Waals surface area (Å²) in [5.74, 6) is -0.757. The summed E-state index contributed by atoms with van der Waals surface area (Å²) in [6.07, 6.45) is 4.02. The third-order valence-electron chi connectivity index (χ3n) is 9.07. The molecule has 0 aromatic heterocycles. The highest BCUT2D eigenvalue weighted by molar-refractivity contribution is 14.1. The number of esters is 1. The largest absolute Gasteiger partial charge is 0.460 e. The number of aliphatic hydroxyl groups is 1. The number of rotatable bonds is 5. The third-order valence-corrected chi connectivity index (χ3v) is 12.5. The second-order valence-corrected chi connectivity index (χ2v) is 13.6. The van der Waals surface area contributed by atoms with Gasteiger partial charge >= 0.3 is 5.97 Å². The van der Waals surface area contributed by atoms with Gasteiger partial charge in [-0.2, -0.15) is 0 Å². The van der Waals surface area contributed by atoms with Crippen molar-refractivity contribution in [3.05, 3.63) is 42.7 Å². The molecule has 1 aromatic rings. The molecular formula is C27H34FIO4S. The molecule has 4 nitrogen and oxygen atoms in total. The van der Waals surface area contributed by atoms with E-state index in [1.54, 1.807) is 24.3 Å². The molecule has 2 bridgehead atoms. The molecular weight excluding hydrogens is 566 g/mol. The molecule has 1 N–H and O–H groups in total. The van der Waals surface area contributed by atoms with Crippen molar-refractivity contribution < 1.29 is 23.8 Å². The molecule has 0 spiro atoms. The zero-order valence-corrected chi connectivity index (χ0v) is 23.0. The van der Waals surface area contributed by atoms with Crippen LogP contribution in [0.1, 0.15) is 52.9 Å². The third kappa shape index (κ3) is 4.07.